The monoisotopic (exact) mass is 335 g/mol. The number of phenols is 1. The molecule has 1 atom stereocenters. The van der Waals surface area contributed by atoms with Gasteiger partial charge in [-0.05, 0) is 36.8 Å². The molecule has 0 radical (unpaired) electrons. The third-order valence-electron chi connectivity index (χ3n) is 3.79. The summed E-state index contributed by atoms with van der Waals surface area (Å²) < 4.78 is 24.5. The van der Waals surface area contributed by atoms with Crippen LogP contribution in [0, 0.1) is 0 Å². The van der Waals surface area contributed by atoms with E-state index in [0.717, 1.165) is 0 Å². The van der Waals surface area contributed by atoms with E-state index in [-0.39, 0.29) is 29.5 Å². The lowest BCUT2D eigenvalue weighted by Crippen LogP contribution is -2.44. The molecular weight excluding hydrogens is 314 g/mol. The Kier molecular flexibility index (Phi) is 5.41. The summed E-state index contributed by atoms with van der Waals surface area (Å²) in [6, 6.07) is 14.8. The smallest absolute Gasteiger partial charge is 0.179 e. The van der Waals surface area contributed by atoms with Crippen molar-refractivity contribution < 1.29 is 18.6 Å². The highest BCUT2D eigenvalue weighted by Gasteiger charge is 2.26. The van der Waals surface area contributed by atoms with Crippen molar-refractivity contribution in [1.29, 1.82) is 0 Å². The zero-order chi connectivity index (χ0) is 16.9. The molecule has 0 aliphatic rings. The molecule has 2 rings (SSSR count). The lowest BCUT2D eigenvalue weighted by molar-refractivity contribution is 0.177. The maximum Gasteiger partial charge on any atom is 0.179 e. The van der Waals surface area contributed by atoms with E-state index in [1.807, 2.05) is 0 Å². The first kappa shape index (κ1) is 17.5. The number of hydrogen-bond donors (Lipinski definition) is 3. The van der Waals surface area contributed by atoms with Crippen LogP contribution in [-0.2, 0) is 15.4 Å². The number of benzene rings is 2. The molecule has 0 unspecified atom stereocenters. The molecule has 0 saturated heterocycles. The van der Waals surface area contributed by atoms with E-state index in [9.17, 15) is 18.6 Å². The Labute approximate surface area is 136 Å². The second-order valence-corrected chi connectivity index (χ2v) is 7.71. The molecule has 23 heavy (non-hydrogen) atoms. The van der Waals surface area contributed by atoms with E-state index >= 15 is 0 Å². The molecule has 0 bridgehead atoms. The van der Waals surface area contributed by atoms with Crippen molar-refractivity contribution >= 4 is 9.84 Å². The lowest BCUT2D eigenvalue weighted by atomic mass is 9.93. The molecule has 0 heterocycles. The normalized spacial score (nSPS) is 14.3. The van der Waals surface area contributed by atoms with Gasteiger partial charge in [-0.25, -0.2) is 8.42 Å². The number of aromatic hydroxyl groups is 1. The van der Waals surface area contributed by atoms with Gasteiger partial charge in [-0.15, -0.1) is 0 Å². The highest BCUT2D eigenvalue weighted by molar-refractivity contribution is 7.91. The van der Waals surface area contributed by atoms with Gasteiger partial charge in [0.1, 0.15) is 5.75 Å². The average molecular weight is 335 g/mol. The van der Waals surface area contributed by atoms with Crippen molar-refractivity contribution in [3.8, 4) is 5.75 Å². The van der Waals surface area contributed by atoms with Gasteiger partial charge >= 0.3 is 0 Å². The first-order valence-electron chi connectivity index (χ1n) is 7.31. The largest absolute Gasteiger partial charge is 0.508 e. The van der Waals surface area contributed by atoms with Crippen LogP contribution >= 0.6 is 0 Å². The number of hydrogen-bond acceptors (Lipinski definition) is 5. The van der Waals surface area contributed by atoms with Gasteiger partial charge in [0.2, 0.25) is 0 Å². The summed E-state index contributed by atoms with van der Waals surface area (Å²) in [4.78, 5) is 0.282. The van der Waals surface area contributed by atoms with Crippen molar-refractivity contribution in [3.05, 3.63) is 60.2 Å². The average Bonchev–Trinajstić information content (AvgIpc) is 2.55. The molecule has 0 aliphatic heterocycles. The molecule has 0 aliphatic carbocycles. The predicted molar refractivity (Wildman–Crippen MR) is 89.0 cm³/mol. The fourth-order valence-electron chi connectivity index (χ4n) is 2.31. The van der Waals surface area contributed by atoms with Crippen LogP contribution in [0.1, 0.15) is 12.5 Å². The zero-order valence-corrected chi connectivity index (χ0v) is 13.8. The van der Waals surface area contributed by atoms with Crippen LogP contribution in [0.5, 0.6) is 5.75 Å². The number of nitrogens with one attached hydrogen (secondary N) is 1. The maximum absolute atomic E-state index is 12.3. The lowest BCUT2D eigenvalue weighted by Gasteiger charge is -2.29. The summed E-state index contributed by atoms with van der Waals surface area (Å²) in [5, 5.41) is 22.3. The van der Waals surface area contributed by atoms with E-state index < -0.39 is 15.4 Å². The highest BCUT2D eigenvalue weighted by Crippen LogP contribution is 2.23. The quantitative estimate of drug-likeness (QED) is 0.716. The Bertz CT molecular complexity index is 746. The summed E-state index contributed by atoms with van der Waals surface area (Å²) in [7, 11) is -3.37. The topological polar surface area (TPSA) is 86.6 Å². The fourth-order valence-corrected chi connectivity index (χ4v) is 3.48. The fraction of sp³-hybridized carbons (Fsp3) is 0.294. The SMILES string of the molecule is C[C@](CO)(NCCS(=O)(=O)c1ccccc1)c1cccc(O)c1. The summed E-state index contributed by atoms with van der Waals surface area (Å²) in [6.45, 7) is 1.72. The summed E-state index contributed by atoms with van der Waals surface area (Å²) >= 11 is 0. The third-order valence-corrected chi connectivity index (χ3v) is 5.52. The second kappa shape index (κ2) is 7.12. The van der Waals surface area contributed by atoms with Crippen molar-refractivity contribution in [1.82, 2.24) is 5.32 Å². The van der Waals surface area contributed by atoms with Gasteiger partial charge in [0, 0.05) is 6.54 Å². The van der Waals surface area contributed by atoms with E-state index in [4.69, 9.17) is 0 Å². The van der Waals surface area contributed by atoms with Gasteiger partial charge in [0.05, 0.1) is 22.8 Å². The molecule has 3 N–H and O–H groups in total. The van der Waals surface area contributed by atoms with Crippen molar-refractivity contribution in [2.45, 2.75) is 17.4 Å². The number of aliphatic hydroxyl groups excluding tert-OH is 1. The molecule has 0 aromatic heterocycles. The first-order valence-corrected chi connectivity index (χ1v) is 8.96. The molecule has 0 fully saturated rings. The van der Waals surface area contributed by atoms with Crippen LogP contribution in [0.4, 0.5) is 0 Å². The third kappa shape index (κ3) is 4.31. The number of sulfone groups is 1. The van der Waals surface area contributed by atoms with Gasteiger partial charge in [-0.1, -0.05) is 30.3 Å². The van der Waals surface area contributed by atoms with Crippen molar-refractivity contribution in [3.63, 3.8) is 0 Å². The Balaban J connectivity index is 2.07. The highest BCUT2D eigenvalue weighted by atomic mass is 32.2. The van der Waals surface area contributed by atoms with Crippen LogP contribution in [0.2, 0.25) is 0 Å². The first-order chi connectivity index (χ1) is 10.9. The molecule has 124 valence electrons. The minimum atomic E-state index is -3.37. The Hall–Kier alpha value is -1.89. The number of aliphatic hydroxyl groups is 1. The Morgan fingerprint density at radius 2 is 1.78 bits per heavy atom. The van der Waals surface area contributed by atoms with Gasteiger partial charge in [0.15, 0.2) is 9.84 Å². The summed E-state index contributed by atoms with van der Waals surface area (Å²) in [5.74, 6) is 0.0201. The molecular formula is C17H21NO4S. The molecule has 2 aromatic rings. The van der Waals surface area contributed by atoms with Crippen LogP contribution in [0.25, 0.3) is 0 Å². The number of phenolic OH excluding ortho intramolecular Hbond substituents is 1. The predicted octanol–water partition coefficient (Wildman–Crippen LogP) is 1.66. The van der Waals surface area contributed by atoms with Crippen LogP contribution < -0.4 is 5.32 Å². The van der Waals surface area contributed by atoms with Crippen LogP contribution in [-0.4, -0.2) is 37.5 Å². The van der Waals surface area contributed by atoms with E-state index in [2.05, 4.69) is 5.32 Å². The molecule has 5 nitrogen and oxygen atoms in total. The van der Waals surface area contributed by atoms with Gasteiger partial charge < -0.3 is 15.5 Å². The maximum atomic E-state index is 12.3. The van der Waals surface area contributed by atoms with Crippen molar-refractivity contribution in [2.24, 2.45) is 0 Å². The Morgan fingerprint density at radius 3 is 2.39 bits per heavy atom. The minimum absolute atomic E-state index is 0.0780. The van der Waals surface area contributed by atoms with E-state index in [0.29, 0.717) is 5.56 Å². The molecule has 6 heteroatoms. The van der Waals surface area contributed by atoms with Crippen molar-refractivity contribution in [2.75, 3.05) is 18.9 Å². The summed E-state index contributed by atoms with van der Waals surface area (Å²) in [6.07, 6.45) is 0. The van der Waals surface area contributed by atoms with Gasteiger partial charge in [-0.3, -0.25) is 0 Å². The molecule has 0 spiro atoms. The van der Waals surface area contributed by atoms with Gasteiger partial charge in [-0.2, -0.15) is 0 Å². The standard InChI is InChI=1S/C17H21NO4S/c1-17(13-19,14-6-5-7-15(20)12-14)18-10-11-23(21,22)16-8-3-2-4-9-16/h2-9,12,18-20H,10-11,13H2,1H3/t17-/m1/s1. The number of rotatable bonds is 7. The minimum Gasteiger partial charge on any atom is -0.508 e. The summed E-state index contributed by atoms with van der Waals surface area (Å²) in [5.41, 5.74) is -0.137. The zero-order valence-electron chi connectivity index (χ0n) is 12.9. The van der Waals surface area contributed by atoms with E-state index in [1.54, 1.807) is 61.5 Å². The molecule has 0 saturated carbocycles. The molecule has 2 aromatic carbocycles. The second-order valence-electron chi connectivity index (χ2n) is 5.60. The molecule has 0 amide bonds. The van der Waals surface area contributed by atoms with Crippen LogP contribution in [0.3, 0.4) is 0 Å². The van der Waals surface area contributed by atoms with E-state index in [1.165, 1.54) is 0 Å². The van der Waals surface area contributed by atoms with Gasteiger partial charge in [0.25, 0.3) is 0 Å². The Morgan fingerprint density at radius 1 is 1.09 bits per heavy atom. The van der Waals surface area contributed by atoms with Crippen LogP contribution in [0.15, 0.2) is 59.5 Å².